The van der Waals surface area contributed by atoms with E-state index in [1.54, 1.807) is 5.57 Å². The predicted octanol–water partition coefficient (Wildman–Crippen LogP) is 4.66. The first kappa shape index (κ1) is 15.6. The van der Waals surface area contributed by atoms with Gasteiger partial charge in [-0.1, -0.05) is 48.7 Å². The molecule has 25 heavy (non-hydrogen) atoms. The van der Waals surface area contributed by atoms with Crippen molar-refractivity contribution in [3.05, 3.63) is 58.7 Å². The molecule has 2 N–H and O–H groups in total. The second-order valence-corrected chi connectivity index (χ2v) is 8.59. The summed E-state index contributed by atoms with van der Waals surface area (Å²) in [6.07, 6.45) is 11.3. The molecular formula is C23H27NO. The monoisotopic (exact) mass is 333 g/mol. The highest BCUT2D eigenvalue weighted by molar-refractivity contribution is 5.95. The second-order valence-electron chi connectivity index (χ2n) is 8.59. The first-order valence-electron chi connectivity index (χ1n) is 9.98. The highest BCUT2D eigenvalue weighted by atomic mass is 16.1. The fourth-order valence-electron chi connectivity index (χ4n) is 6.39. The third kappa shape index (κ3) is 2.30. The van der Waals surface area contributed by atoms with E-state index in [9.17, 15) is 4.79 Å². The van der Waals surface area contributed by atoms with Crippen molar-refractivity contribution in [2.24, 2.45) is 23.5 Å². The SMILES string of the molecule is NC1(c2ccccc2)CC(=O)C=C2CCC3C(=C21)CCC1CCCC13. The summed E-state index contributed by atoms with van der Waals surface area (Å²) >= 11 is 0. The Morgan fingerprint density at radius 2 is 1.84 bits per heavy atom. The van der Waals surface area contributed by atoms with Crippen LogP contribution >= 0.6 is 0 Å². The zero-order valence-electron chi connectivity index (χ0n) is 14.8. The molecule has 2 heteroatoms. The number of rotatable bonds is 1. The van der Waals surface area contributed by atoms with Crippen LogP contribution in [0.4, 0.5) is 0 Å². The highest BCUT2D eigenvalue weighted by Crippen LogP contribution is 2.56. The van der Waals surface area contributed by atoms with Crippen molar-refractivity contribution >= 4 is 5.78 Å². The van der Waals surface area contributed by atoms with Crippen LogP contribution in [0.1, 0.15) is 56.9 Å². The van der Waals surface area contributed by atoms with E-state index in [1.165, 1.54) is 49.7 Å². The minimum absolute atomic E-state index is 0.193. The van der Waals surface area contributed by atoms with Crippen LogP contribution in [-0.2, 0) is 10.3 Å². The van der Waals surface area contributed by atoms with Gasteiger partial charge in [0, 0.05) is 6.42 Å². The maximum atomic E-state index is 12.5. The number of carbonyl (C=O) groups excluding carboxylic acids is 1. The number of carbonyl (C=O) groups is 1. The van der Waals surface area contributed by atoms with E-state index in [2.05, 4.69) is 12.1 Å². The van der Waals surface area contributed by atoms with Gasteiger partial charge in [-0.25, -0.2) is 0 Å². The van der Waals surface area contributed by atoms with Crippen LogP contribution in [0.3, 0.4) is 0 Å². The van der Waals surface area contributed by atoms with Gasteiger partial charge in [-0.3, -0.25) is 4.79 Å². The minimum Gasteiger partial charge on any atom is -0.317 e. The highest BCUT2D eigenvalue weighted by Gasteiger charge is 2.47. The molecule has 0 aromatic heterocycles. The summed E-state index contributed by atoms with van der Waals surface area (Å²) in [4.78, 5) is 12.5. The third-order valence-corrected chi connectivity index (χ3v) is 7.36. The van der Waals surface area contributed by atoms with E-state index in [4.69, 9.17) is 5.73 Å². The van der Waals surface area contributed by atoms with Gasteiger partial charge >= 0.3 is 0 Å². The molecule has 1 aromatic carbocycles. The van der Waals surface area contributed by atoms with Crippen molar-refractivity contribution in [3.8, 4) is 0 Å². The fraction of sp³-hybridized carbons (Fsp3) is 0.522. The van der Waals surface area contributed by atoms with Crippen molar-refractivity contribution in [1.29, 1.82) is 0 Å². The third-order valence-electron chi connectivity index (χ3n) is 7.36. The summed E-state index contributed by atoms with van der Waals surface area (Å²) in [6.45, 7) is 0. The van der Waals surface area contributed by atoms with Gasteiger partial charge in [0.25, 0.3) is 0 Å². The van der Waals surface area contributed by atoms with E-state index in [0.717, 1.165) is 23.8 Å². The fourth-order valence-corrected chi connectivity index (χ4v) is 6.39. The number of hydrogen-bond acceptors (Lipinski definition) is 2. The van der Waals surface area contributed by atoms with Gasteiger partial charge in [0.2, 0.25) is 0 Å². The molecule has 0 heterocycles. The number of benzene rings is 1. The zero-order valence-corrected chi connectivity index (χ0v) is 14.8. The molecule has 0 bridgehead atoms. The molecule has 1 aromatic rings. The van der Waals surface area contributed by atoms with Gasteiger partial charge in [-0.05, 0) is 72.6 Å². The molecule has 130 valence electrons. The molecule has 0 aliphatic heterocycles. The molecule has 4 aliphatic carbocycles. The molecule has 2 fully saturated rings. The molecule has 4 atom stereocenters. The molecule has 4 aliphatic rings. The lowest BCUT2D eigenvalue weighted by atomic mass is 9.59. The Hall–Kier alpha value is -1.67. The Morgan fingerprint density at radius 3 is 2.68 bits per heavy atom. The van der Waals surface area contributed by atoms with E-state index in [1.807, 2.05) is 24.3 Å². The Bertz CT molecular complexity index is 775. The lowest BCUT2D eigenvalue weighted by Gasteiger charge is -2.47. The number of allylic oxidation sites excluding steroid dienone is 2. The van der Waals surface area contributed by atoms with Crippen LogP contribution in [0.25, 0.3) is 0 Å². The van der Waals surface area contributed by atoms with Crippen LogP contribution in [-0.4, -0.2) is 5.78 Å². The molecule has 0 saturated heterocycles. The molecule has 5 rings (SSSR count). The van der Waals surface area contributed by atoms with E-state index >= 15 is 0 Å². The molecule has 0 amide bonds. The van der Waals surface area contributed by atoms with Crippen molar-refractivity contribution in [2.75, 3.05) is 0 Å². The van der Waals surface area contributed by atoms with Gasteiger partial charge < -0.3 is 5.73 Å². The normalized spacial score (nSPS) is 37.2. The lowest BCUT2D eigenvalue weighted by molar-refractivity contribution is -0.115. The number of fused-ring (bicyclic) bond motifs is 4. The van der Waals surface area contributed by atoms with Gasteiger partial charge in [-0.2, -0.15) is 0 Å². The van der Waals surface area contributed by atoms with Gasteiger partial charge in [0.15, 0.2) is 5.78 Å². The quantitative estimate of drug-likeness (QED) is 0.812. The van der Waals surface area contributed by atoms with E-state index < -0.39 is 5.54 Å². The second kappa shape index (κ2) is 5.67. The summed E-state index contributed by atoms with van der Waals surface area (Å²) in [5, 5.41) is 0. The standard InChI is InChI=1S/C23H27NO/c24-23(17-6-2-1-3-7-17)14-18(25)13-16-10-11-20-19-8-4-5-15(19)9-12-21(20)22(16)23/h1-3,6-7,13,15,19-20H,4-5,8-12,14,24H2. The van der Waals surface area contributed by atoms with E-state index in [0.29, 0.717) is 12.3 Å². The topological polar surface area (TPSA) is 43.1 Å². The molecule has 4 unspecified atom stereocenters. The van der Waals surface area contributed by atoms with Crippen molar-refractivity contribution < 1.29 is 4.79 Å². The summed E-state index contributed by atoms with van der Waals surface area (Å²) in [5.41, 5.74) is 11.7. The van der Waals surface area contributed by atoms with Crippen LogP contribution < -0.4 is 5.73 Å². The first-order chi connectivity index (χ1) is 12.2. The smallest absolute Gasteiger partial charge is 0.158 e. The summed E-state index contributed by atoms with van der Waals surface area (Å²) in [5.74, 6) is 2.72. The minimum atomic E-state index is -0.623. The molecular weight excluding hydrogens is 306 g/mol. The lowest BCUT2D eigenvalue weighted by Crippen LogP contribution is -2.47. The largest absolute Gasteiger partial charge is 0.317 e. The zero-order chi connectivity index (χ0) is 17.0. The van der Waals surface area contributed by atoms with Crippen molar-refractivity contribution in [3.63, 3.8) is 0 Å². The van der Waals surface area contributed by atoms with Crippen LogP contribution in [0, 0.1) is 17.8 Å². The van der Waals surface area contributed by atoms with Crippen LogP contribution in [0.15, 0.2) is 53.1 Å². The van der Waals surface area contributed by atoms with Gasteiger partial charge in [-0.15, -0.1) is 0 Å². The number of hydrogen-bond donors (Lipinski definition) is 1. The number of nitrogens with two attached hydrogens (primary N) is 1. The summed E-state index contributed by atoms with van der Waals surface area (Å²) in [6, 6.07) is 10.3. The average Bonchev–Trinajstić information content (AvgIpc) is 3.10. The Morgan fingerprint density at radius 1 is 1.00 bits per heavy atom. The molecule has 0 spiro atoms. The summed E-state index contributed by atoms with van der Waals surface area (Å²) in [7, 11) is 0. The van der Waals surface area contributed by atoms with Crippen molar-refractivity contribution in [1.82, 2.24) is 0 Å². The average molecular weight is 333 g/mol. The Balaban J connectivity index is 1.68. The first-order valence-corrected chi connectivity index (χ1v) is 9.98. The molecule has 2 nitrogen and oxygen atoms in total. The Kier molecular flexibility index (Phi) is 3.53. The predicted molar refractivity (Wildman–Crippen MR) is 99.8 cm³/mol. The molecule has 0 radical (unpaired) electrons. The number of ketones is 1. The molecule has 2 saturated carbocycles. The Labute approximate surface area is 150 Å². The van der Waals surface area contributed by atoms with Crippen LogP contribution in [0.5, 0.6) is 0 Å². The van der Waals surface area contributed by atoms with Gasteiger partial charge in [0.1, 0.15) is 0 Å². The maximum Gasteiger partial charge on any atom is 0.158 e. The summed E-state index contributed by atoms with van der Waals surface area (Å²) < 4.78 is 0. The van der Waals surface area contributed by atoms with Crippen LogP contribution in [0.2, 0.25) is 0 Å². The maximum absolute atomic E-state index is 12.5. The van der Waals surface area contributed by atoms with E-state index in [-0.39, 0.29) is 5.78 Å². The van der Waals surface area contributed by atoms with Gasteiger partial charge in [0.05, 0.1) is 5.54 Å². The van der Waals surface area contributed by atoms with Crippen molar-refractivity contribution in [2.45, 2.75) is 56.9 Å².